The third kappa shape index (κ3) is 4.34. The largest absolute Gasteiger partial charge is 0.490 e. The van der Waals surface area contributed by atoms with Crippen LogP contribution in [0.2, 0.25) is 5.02 Å². The van der Waals surface area contributed by atoms with Crippen LogP contribution < -0.4 is 15.6 Å². The Morgan fingerprint density at radius 3 is 2.50 bits per heavy atom. The van der Waals surface area contributed by atoms with Gasteiger partial charge in [0.2, 0.25) is 11.7 Å². The molecule has 0 aliphatic heterocycles. The van der Waals surface area contributed by atoms with Gasteiger partial charge in [-0.1, -0.05) is 17.7 Å². The van der Waals surface area contributed by atoms with E-state index in [0.29, 0.717) is 16.5 Å². The predicted molar refractivity (Wildman–Crippen MR) is 109 cm³/mol. The van der Waals surface area contributed by atoms with Crippen molar-refractivity contribution >= 4 is 23.2 Å². The summed E-state index contributed by atoms with van der Waals surface area (Å²) in [7, 11) is 1.41. The average molecular weight is 402 g/mol. The summed E-state index contributed by atoms with van der Waals surface area (Å²) >= 11 is 5.97. The van der Waals surface area contributed by atoms with Crippen LogP contribution in [0.3, 0.4) is 0 Å². The van der Waals surface area contributed by atoms with E-state index in [2.05, 4.69) is 16.4 Å². The molecule has 1 heterocycles. The number of rotatable bonds is 5. The maximum absolute atomic E-state index is 13.7. The second-order valence-electron chi connectivity index (χ2n) is 6.72. The molecule has 0 saturated heterocycles. The summed E-state index contributed by atoms with van der Waals surface area (Å²) in [5.41, 5.74) is 4.31. The summed E-state index contributed by atoms with van der Waals surface area (Å²) in [5, 5.41) is 3.52. The van der Waals surface area contributed by atoms with E-state index in [1.54, 1.807) is 16.8 Å². The average Bonchev–Trinajstić information content (AvgIpc) is 2.61. The molecule has 0 aliphatic carbocycles. The molecule has 1 aromatic heterocycles. The summed E-state index contributed by atoms with van der Waals surface area (Å²) in [6, 6.07) is 8.37. The quantitative estimate of drug-likeness (QED) is 0.669. The van der Waals surface area contributed by atoms with E-state index in [9.17, 15) is 9.18 Å². The number of anilines is 2. The molecule has 0 spiro atoms. The highest BCUT2D eigenvalue weighted by molar-refractivity contribution is 6.30. The van der Waals surface area contributed by atoms with Crippen LogP contribution in [0.15, 0.2) is 41.3 Å². The molecule has 3 aromatic rings. The summed E-state index contributed by atoms with van der Waals surface area (Å²) in [6.45, 7) is 6.30. The van der Waals surface area contributed by atoms with Crippen molar-refractivity contribution in [2.24, 2.45) is 0 Å². The van der Waals surface area contributed by atoms with Crippen molar-refractivity contribution in [2.75, 3.05) is 12.4 Å². The Labute approximate surface area is 167 Å². The molecule has 1 N–H and O–H groups in total. The standard InChI is InChI=1S/C21H21ClFN3O2/c1-12-5-14(3)18(6-13(12)2)24-21-25-20(27)19(28-4)11-26(21)10-15-7-16(22)9-17(23)8-15/h5-9,11H,10H2,1-4H3,(H,24,25,27). The van der Waals surface area contributed by atoms with E-state index in [-0.39, 0.29) is 12.3 Å². The SMILES string of the molecule is COc1cn(Cc2cc(F)cc(Cl)c2)c(Nc2cc(C)c(C)cc2C)nc1=O. The number of hydrogen-bond acceptors (Lipinski definition) is 4. The smallest absolute Gasteiger partial charge is 0.316 e. The van der Waals surface area contributed by atoms with Crippen molar-refractivity contribution in [2.45, 2.75) is 27.3 Å². The van der Waals surface area contributed by atoms with E-state index < -0.39 is 11.4 Å². The molecular formula is C21H21ClFN3O2. The summed E-state index contributed by atoms with van der Waals surface area (Å²) in [5.74, 6) is 0.00498. The summed E-state index contributed by atoms with van der Waals surface area (Å²) < 4.78 is 20.5. The molecule has 0 radical (unpaired) electrons. The molecule has 28 heavy (non-hydrogen) atoms. The lowest BCUT2D eigenvalue weighted by Crippen LogP contribution is -2.19. The molecule has 0 saturated carbocycles. The molecule has 146 valence electrons. The van der Waals surface area contributed by atoms with Crippen LogP contribution in [-0.2, 0) is 6.54 Å². The van der Waals surface area contributed by atoms with Crippen molar-refractivity contribution in [3.63, 3.8) is 0 Å². The third-order valence-electron chi connectivity index (χ3n) is 4.55. The van der Waals surface area contributed by atoms with Gasteiger partial charge in [-0.15, -0.1) is 0 Å². The van der Waals surface area contributed by atoms with Crippen molar-refractivity contribution in [3.05, 3.63) is 80.0 Å². The molecule has 0 amide bonds. The van der Waals surface area contributed by atoms with Crippen molar-refractivity contribution in [1.82, 2.24) is 9.55 Å². The molecule has 0 aliphatic rings. The van der Waals surface area contributed by atoms with E-state index >= 15 is 0 Å². The Bertz CT molecular complexity index is 1080. The van der Waals surface area contributed by atoms with Gasteiger partial charge in [-0.25, -0.2) is 4.39 Å². The van der Waals surface area contributed by atoms with Gasteiger partial charge in [0.1, 0.15) is 5.82 Å². The van der Waals surface area contributed by atoms with Gasteiger partial charge >= 0.3 is 5.56 Å². The van der Waals surface area contributed by atoms with Crippen molar-refractivity contribution < 1.29 is 9.13 Å². The number of benzene rings is 2. The summed E-state index contributed by atoms with van der Waals surface area (Å²) in [4.78, 5) is 16.3. The van der Waals surface area contributed by atoms with Crippen LogP contribution in [-0.4, -0.2) is 16.7 Å². The lowest BCUT2D eigenvalue weighted by molar-refractivity contribution is 0.402. The van der Waals surface area contributed by atoms with Crippen molar-refractivity contribution in [1.29, 1.82) is 0 Å². The Morgan fingerprint density at radius 2 is 1.82 bits per heavy atom. The fraction of sp³-hybridized carbons (Fsp3) is 0.238. The number of nitrogens with one attached hydrogen (secondary N) is 1. The maximum atomic E-state index is 13.7. The van der Waals surface area contributed by atoms with Crippen molar-refractivity contribution in [3.8, 4) is 5.75 Å². The first-order valence-electron chi connectivity index (χ1n) is 8.72. The Hall–Kier alpha value is -2.86. The zero-order chi connectivity index (χ0) is 20.4. The van der Waals surface area contributed by atoms with Crippen LogP contribution in [0.1, 0.15) is 22.3 Å². The Balaban J connectivity index is 2.06. The van der Waals surface area contributed by atoms with Gasteiger partial charge in [0.15, 0.2) is 0 Å². The van der Waals surface area contributed by atoms with Crippen LogP contribution >= 0.6 is 11.6 Å². The van der Waals surface area contributed by atoms with Gasteiger partial charge in [-0.05, 0) is 67.3 Å². The van der Waals surface area contributed by atoms with E-state index in [0.717, 1.165) is 16.8 Å². The normalized spacial score (nSPS) is 10.8. The predicted octanol–water partition coefficient (Wildman–Crippen LogP) is 4.76. The highest BCUT2D eigenvalue weighted by Crippen LogP contribution is 2.24. The first kappa shape index (κ1) is 19.9. The fourth-order valence-electron chi connectivity index (χ4n) is 2.95. The number of hydrogen-bond donors (Lipinski definition) is 1. The first-order chi connectivity index (χ1) is 13.3. The third-order valence-corrected chi connectivity index (χ3v) is 4.76. The van der Waals surface area contributed by atoms with Gasteiger partial charge in [-0.2, -0.15) is 4.98 Å². The van der Waals surface area contributed by atoms with E-state index in [1.165, 1.54) is 24.8 Å². The molecule has 0 unspecified atom stereocenters. The molecule has 5 nitrogen and oxygen atoms in total. The monoisotopic (exact) mass is 401 g/mol. The van der Waals surface area contributed by atoms with Crippen LogP contribution in [0.25, 0.3) is 0 Å². The summed E-state index contributed by atoms with van der Waals surface area (Å²) in [6.07, 6.45) is 1.55. The van der Waals surface area contributed by atoms with Gasteiger partial charge in [0, 0.05) is 10.7 Å². The fourth-order valence-corrected chi connectivity index (χ4v) is 3.19. The molecular weight excluding hydrogens is 381 g/mol. The van der Waals surface area contributed by atoms with Crippen LogP contribution in [0.5, 0.6) is 5.75 Å². The topological polar surface area (TPSA) is 56.1 Å². The van der Waals surface area contributed by atoms with Gasteiger partial charge in [0.05, 0.1) is 19.9 Å². The molecule has 3 rings (SSSR count). The molecule has 0 atom stereocenters. The number of nitrogens with zero attached hydrogens (tertiary/aromatic N) is 2. The Kier molecular flexibility index (Phi) is 5.70. The second-order valence-corrected chi connectivity index (χ2v) is 7.16. The number of aromatic nitrogens is 2. The minimum absolute atomic E-state index is 0.102. The maximum Gasteiger partial charge on any atom is 0.316 e. The number of methoxy groups -OCH3 is 1. The number of halogens is 2. The molecule has 0 bridgehead atoms. The zero-order valence-corrected chi connectivity index (χ0v) is 16.9. The minimum atomic E-state index is -0.486. The lowest BCUT2D eigenvalue weighted by Gasteiger charge is -2.17. The first-order valence-corrected chi connectivity index (χ1v) is 9.10. The van der Waals surface area contributed by atoms with Crippen LogP contribution in [0.4, 0.5) is 16.0 Å². The van der Waals surface area contributed by atoms with Gasteiger partial charge < -0.3 is 14.6 Å². The number of ether oxygens (including phenoxy) is 1. The molecule has 0 fully saturated rings. The highest BCUT2D eigenvalue weighted by Gasteiger charge is 2.12. The minimum Gasteiger partial charge on any atom is -0.490 e. The van der Waals surface area contributed by atoms with Gasteiger partial charge in [-0.3, -0.25) is 4.79 Å². The number of aryl methyl sites for hydroxylation is 3. The Morgan fingerprint density at radius 1 is 1.11 bits per heavy atom. The second kappa shape index (κ2) is 8.02. The van der Waals surface area contributed by atoms with E-state index in [1.807, 2.05) is 26.8 Å². The molecule has 2 aromatic carbocycles. The highest BCUT2D eigenvalue weighted by atomic mass is 35.5. The zero-order valence-electron chi connectivity index (χ0n) is 16.1. The molecule has 7 heteroatoms. The van der Waals surface area contributed by atoms with Gasteiger partial charge in [0.25, 0.3) is 0 Å². The van der Waals surface area contributed by atoms with Crippen LogP contribution in [0, 0.1) is 26.6 Å². The van der Waals surface area contributed by atoms with E-state index in [4.69, 9.17) is 16.3 Å². The lowest BCUT2D eigenvalue weighted by atomic mass is 10.1.